The molecule has 19 heavy (non-hydrogen) atoms. The first-order chi connectivity index (χ1) is 8.99. The van der Waals surface area contributed by atoms with Crippen molar-refractivity contribution >= 4 is 54.5 Å². The van der Waals surface area contributed by atoms with E-state index in [2.05, 4.69) is 54.5 Å². The Morgan fingerprint density at radius 2 is 1.95 bits per heavy atom. The average Bonchev–Trinajstić information content (AvgIpc) is 2.38. The van der Waals surface area contributed by atoms with Gasteiger partial charge in [0, 0.05) is 14.5 Å². The fraction of sp³-hybridized carbons (Fsp3) is 0.143. The molecule has 1 N–H and O–H groups in total. The van der Waals surface area contributed by atoms with Gasteiger partial charge in [-0.1, -0.05) is 28.1 Å². The number of benzene rings is 2. The zero-order chi connectivity index (χ0) is 14.0. The Labute approximate surface area is 141 Å². The van der Waals surface area contributed by atoms with Crippen LogP contribution in [-0.2, 0) is 6.42 Å². The Balaban J connectivity index is 2.28. The summed E-state index contributed by atoms with van der Waals surface area (Å²) in [5.41, 5.74) is 1.56. The standard InChI is InChI=1S/C14H10Br2FIO/c15-11-5-4-9(18)7-10(11)13(19)6-8-2-1-3-12(17)14(8)16/h1-5,7,13,19H,6H2. The summed E-state index contributed by atoms with van der Waals surface area (Å²) in [6.45, 7) is 0. The van der Waals surface area contributed by atoms with Gasteiger partial charge in [0.15, 0.2) is 0 Å². The van der Waals surface area contributed by atoms with Crippen LogP contribution in [0.5, 0.6) is 0 Å². The lowest BCUT2D eigenvalue weighted by Crippen LogP contribution is -2.04. The topological polar surface area (TPSA) is 20.2 Å². The lowest BCUT2D eigenvalue weighted by molar-refractivity contribution is 0.177. The van der Waals surface area contributed by atoms with Crippen molar-refractivity contribution in [3.05, 3.63) is 65.9 Å². The first-order valence-corrected chi connectivity index (χ1v) is 8.21. The van der Waals surface area contributed by atoms with Crippen LogP contribution >= 0.6 is 54.5 Å². The third kappa shape index (κ3) is 3.77. The number of aliphatic hydroxyl groups is 1. The first kappa shape index (κ1) is 15.4. The summed E-state index contributed by atoms with van der Waals surface area (Å²) in [4.78, 5) is 0. The SMILES string of the molecule is OC(Cc1cccc(F)c1Br)c1cc(I)ccc1Br. The molecule has 0 fully saturated rings. The number of hydrogen-bond donors (Lipinski definition) is 1. The van der Waals surface area contributed by atoms with Gasteiger partial charge in [-0.2, -0.15) is 0 Å². The lowest BCUT2D eigenvalue weighted by atomic mass is 10.0. The van der Waals surface area contributed by atoms with Gasteiger partial charge in [-0.05, 0) is 73.9 Å². The summed E-state index contributed by atoms with van der Waals surface area (Å²) in [5, 5.41) is 10.3. The average molecular weight is 500 g/mol. The molecular formula is C14H10Br2FIO. The number of halogens is 4. The van der Waals surface area contributed by atoms with Crippen LogP contribution in [0, 0.1) is 9.39 Å². The zero-order valence-electron chi connectivity index (χ0n) is 9.71. The van der Waals surface area contributed by atoms with E-state index in [-0.39, 0.29) is 5.82 Å². The highest BCUT2D eigenvalue weighted by atomic mass is 127. The minimum absolute atomic E-state index is 0.314. The summed E-state index contributed by atoms with van der Waals surface area (Å²) in [7, 11) is 0. The fourth-order valence-corrected chi connectivity index (χ4v) is 3.25. The predicted octanol–water partition coefficient (Wildman–Crippen LogP) is 5.23. The van der Waals surface area contributed by atoms with Crippen molar-refractivity contribution in [3.63, 3.8) is 0 Å². The molecule has 0 spiro atoms. The van der Waals surface area contributed by atoms with Gasteiger partial charge in [0.2, 0.25) is 0 Å². The van der Waals surface area contributed by atoms with E-state index in [1.165, 1.54) is 6.07 Å². The van der Waals surface area contributed by atoms with Crippen LogP contribution in [-0.4, -0.2) is 5.11 Å². The lowest BCUT2D eigenvalue weighted by Gasteiger charge is -2.14. The molecule has 2 rings (SSSR count). The van der Waals surface area contributed by atoms with Crippen molar-refractivity contribution in [2.45, 2.75) is 12.5 Å². The maximum absolute atomic E-state index is 13.4. The Morgan fingerprint density at radius 1 is 1.21 bits per heavy atom. The smallest absolute Gasteiger partial charge is 0.137 e. The molecule has 2 aromatic carbocycles. The second kappa shape index (κ2) is 6.65. The van der Waals surface area contributed by atoms with Crippen molar-refractivity contribution in [2.24, 2.45) is 0 Å². The molecule has 5 heteroatoms. The molecule has 0 aliphatic heterocycles. The molecule has 0 bridgehead atoms. The normalized spacial score (nSPS) is 12.5. The molecule has 0 radical (unpaired) electrons. The third-order valence-electron chi connectivity index (χ3n) is 2.76. The van der Waals surface area contributed by atoms with Crippen molar-refractivity contribution in [1.82, 2.24) is 0 Å². The predicted molar refractivity (Wildman–Crippen MR) is 89.6 cm³/mol. The van der Waals surface area contributed by atoms with Crippen molar-refractivity contribution in [3.8, 4) is 0 Å². The van der Waals surface area contributed by atoms with E-state index in [0.29, 0.717) is 10.9 Å². The van der Waals surface area contributed by atoms with Crippen LogP contribution in [0.2, 0.25) is 0 Å². The quantitative estimate of drug-likeness (QED) is 0.573. The van der Waals surface area contributed by atoms with E-state index in [9.17, 15) is 9.50 Å². The molecule has 0 aliphatic carbocycles. The van der Waals surface area contributed by atoms with Gasteiger partial charge >= 0.3 is 0 Å². The monoisotopic (exact) mass is 498 g/mol. The number of hydrogen-bond acceptors (Lipinski definition) is 1. The molecule has 0 saturated carbocycles. The number of rotatable bonds is 3. The molecular weight excluding hydrogens is 490 g/mol. The highest BCUT2D eigenvalue weighted by Gasteiger charge is 2.15. The van der Waals surface area contributed by atoms with E-state index >= 15 is 0 Å². The van der Waals surface area contributed by atoms with Crippen LogP contribution in [0.3, 0.4) is 0 Å². The van der Waals surface area contributed by atoms with Crippen LogP contribution in [0.25, 0.3) is 0 Å². The van der Waals surface area contributed by atoms with Crippen LogP contribution in [0.15, 0.2) is 45.3 Å². The fourth-order valence-electron chi connectivity index (χ4n) is 1.79. The van der Waals surface area contributed by atoms with Crippen LogP contribution in [0.1, 0.15) is 17.2 Å². The Bertz CT molecular complexity index is 604. The van der Waals surface area contributed by atoms with Gasteiger partial charge in [0.05, 0.1) is 10.6 Å². The van der Waals surface area contributed by atoms with Gasteiger partial charge in [-0.3, -0.25) is 0 Å². The second-order valence-electron chi connectivity index (χ2n) is 4.10. The molecule has 0 aromatic heterocycles. The second-order valence-corrected chi connectivity index (χ2v) is 6.99. The van der Waals surface area contributed by atoms with Crippen LogP contribution < -0.4 is 0 Å². The van der Waals surface area contributed by atoms with Gasteiger partial charge in [-0.25, -0.2) is 4.39 Å². The highest BCUT2D eigenvalue weighted by molar-refractivity contribution is 14.1. The molecule has 0 amide bonds. The third-order valence-corrected chi connectivity index (χ3v) is 5.04. The maximum Gasteiger partial charge on any atom is 0.137 e. The minimum Gasteiger partial charge on any atom is -0.388 e. The molecule has 1 nitrogen and oxygen atoms in total. The highest BCUT2D eigenvalue weighted by Crippen LogP contribution is 2.30. The maximum atomic E-state index is 13.4. The summed E-state index contributed by atoms with van der Waals surface area (Å²) in [6, 6.07) is 10.6. The minimum atomic E-state index is -0.679. The molecule has 2 aromatic rings. The Morgan fingerprint density at radius 3 is 2.68 bits per heavy atom. The summed E-state index contributed by atoms with van der Waals surface area (Å²) < 4.78 is 15.8. The van der Waals surface area contributed by atoms with Crippen molar-refractivity contribution in [1.29, 1.82) is 0 Å². The van der Waals surface area contributed by atoms with E-state index in [1.54, 1.807) is 12.1 Å². The Hall–Kier alpha value is 0.0200. The van der Waals surface area contributed by atoms with Gasteiger partial charge in [-0.15, -0.1) is 0 Å². The summed E-state index contributed by atoms with van der Waals surface area (Å²) in [5.74, 6) is -0.314. The van der Waals surface area contributed by atoms with E-state index in [4.69, 9.17) is 0 Å². The van der Waals surface area contributed by atoms with E-state index in [1.807, 2.05) is 18.2 Å². The van der Waals surface area contributed by atoms with Crippen LogP contribution in [0.4, 0.5) is 4.39 Å². The summed E-state index contributed by atoms with van der Waals surface area (Å²) in [6.07, 6.45) is -0.320. The van der Waals surface area contributed by atoms with Gasteiger partial charge in [0.1, 0.15) is 5.82 Å². The van der Waals surface area contributed by atoms with Gasteiger partial charge in [0.25, 0.3) is 0 Å². The van der Waals surface area contributed by atoms with E-state index < -0.39 is 6.10 Å². The largest absolute Gasteiger partial charge is 0.388 e. The van der Waals surface area contributed by atoms with E-state index in [0.717, 1.165) is 19.2 Å². The Kier molecular flexibility index (Phi) is 5.39. The molecule has 0 aliphatic rings. The molecule has 1 unspecified atom stereocenters. The molecule has 0 heterocycles. The first-order valence-electron chi connectivity index (χ1n) is 5.55. The number of aliphatic hydroxyl groups excluding tert-OH is 1. The molecule has 1 atom stereocenters. The zero-order valence-corrected chi connectivity index (χ0v) is 15.0. The molecule has 100 valence electrons. The van der Waals surface area contributed by atoms with Crippen molar-refractivity contribution < 1.29 is 9.50 Å². The summed E-state index contributed by atoms with van der Waals surface area (Å²) >= 11 is 8.84. The van der Waals surface area contributed by atoms with Gasteiger partial charge < -0.3 is 5.11 Å². The molecule has 0 saturated heterocycles. The van der Waals surface area contributed by atoms with Crippen molar-refractivity contribution in [2.75, 3.05) is 0 Å².